The largest absolute Gasteiger partial charge is 0.354 e. The number of hydrogen-bond donors (Lipinski definition) is 2. The molecule has 1 atom stereocenters. The van der Waals surface area contributed by atoms with Gasteiger partial charge in [-0.25, -0.2) is 0 Å². The summed E-state index contributed by atoms with van der Waals surface area (Å²) in [6.45, 7) is 7.73. The topological polar surface area (TPSA) is 41.1 Å². The summed E-state index contributed by atoms with van der Waals surface area (Å²) in [6, 6.07) is 20.0. The minimum Gasteiger partial charge on any atom is -0.354 e. The lowest BCUT2D eigenvalue weighted by Crippen LogP contribution is -2.42. The average molecular weight is 343 g/mol. The van der Waals surface area contributed by atoms with Gasteiger partial charge in [0.1, 0.15) is 5.25 Å². The molecule has 0 heterocycles. The third kappa shape index (κ3) is 6.38. The van der Waals surface area contributed by atoms with E-state index in [1.54, 1.807) is 11.8 Å². The lowest BCUT2D eigenvalue weighted by Gasteiger charge is -2.21. The van der Waals surface area contributed by atoms with E-state index < -0.39 is 0 Å². The molecule has 0 spiro atoms. The Balaban J connectivity index is 2.01. The van der Waals surface area contributed by atoms with Gasteiger partial charge in [0, 0.05) is 23.5 Å². The zero-order valence-electron chi connectivity index (χ0n) is 14.6. The van der Waals surface area contributed by atoms with Gasteiger partial charge < -0.3 is 10.6 Å². The highest BCUT2D eigenvalue weighted by atomic mass is 32.2. The quantitative estimate of drug-likeness (QED) is 0.590. The summed E-state index contributed by atoms with van der Waals surface area (Å²) in [7, 11) is 0. The number of nitrogens with one attached hydrogen (secondary N) is 2. The fraction of sp³-hybridized carbons (Fsp3) is 0.350. The molecule has 1 amide bonds. The summed E-state index contributed by atoms with van der Waals surface area (Å²) >= 11 is 1.58. The van der Waals surface area contributed by atoms with Crippen LogP contribution in [0.5, 0.6) is 0 Å². The van der Waals surface area contributed by atoms with Crippen molar-refractivity contribution in [2.45, 2.75) is 36.5 Å². The maximum absolute atomic E-state index is 12.7. The number of hydrogen-bond acceptors (Lipinski definition) is 3. The summed E-state index contributed by atoms with van der Waals surface area (Å²) in [4.78, 5) is 13.8. The van der Waals surface area contributed by atoms with Crippen LogP contribution in [0.1, 0.15) is 31.6 Å². The fourth-order valence-corrected chi connectivity index (χ4v) is 3.32. The number of benzene rings is 2. The minimum atomic E-state index is -0.247. The average Bonchev–Trinajstić information content (AvgIpc) is 2.57. The van der Waals surface area contributed by atoms with E-state index in [9.17, 15) is 4.79 Å². The van der Waals surface area contributed by atoms with E-state index in [0.29, 0.717) is 6.54 Å². The Morgan fingerprint density at radius 2 is 1.54 bits per heavy atom. The van der Waals surface area contributed by atoms with Crippen molar-refractivity contribution in [2.75, 3.05) is 13.1 Å². The van der Waals surface area contributed by atoms with Gasteiger partial charge in [0.05, 0.1) is 0 Å². The summed E-state index contributed by atoms with van der Waals surface area (Å²) in [5, 5.41) is 6.19. The van der Waals surface area contributed by atoms with Crippen LogP contribution in [0.3, 0.4) is 0 Å². The van der Waals surface area contributed by atoms with Crippen molar-refractivity contribution >= 4 is 17.7 Å². The van der Waals surface area contributed by atoms with Gasteiger partial charge >= 0.3 is 0 Å². The van der Waals surface area contributed by atoms with E-state index in [1.807, 2.05) is 60.7 Å². The number of thioether (sulfide) groups is 1. The zero-order chi connectivity index (χ0) is 17.4. The van der Waals surface area contributed by atoms with Gasteiger partial charge in [0.25, 0.3) is 0 Å². The standard InChI is InChI=1S/C20H26N2OS/c1-20(2,3)22-15-14-21-19(23)18(16-10-6-4-7-11-16)24-17-12-8-5-9-13-17/h4-13,18,22H,14-15H2,1-3H3,(H,21,23). The van der Waals surface area contributed by atoms with Crippen molar-refractivity contribution in [1.82, 2.24) is 10.6 Å². The summed E-state index contributed by atoms with van der Waals surface area (Å²) in [5.41, 5.74) is 1.08. The van der Waals surface area contributed by atoms with Crippen LogP contribution < -0.4 is 10.6 Å². The van der Waals surface area contributed by atoms with Crippen molar-refractivity contribution in [1.29, 1.82) is 0 Å². The smallest absolute Gasteiger partial charge is 0.238 e. The van der Waals surface area contributed by atoms with Crippen LogP contribution in [0.25, 0.3) is 0 Å². The molecule has 0 saturated heterocycles. The molecule has 0 aliphatic rings. The molecule has 0 aromatic heterocycles. The van der Waals surface area contributed by atoms with Gasteiger partial charge in [-0.1, -0.05) is 48.5 Å². The molecule has 1 unspecified atom stereocenters. The third-order valence-electron chi connectivity index (χ3n) is 3.42. The summed E-state index contributed by atoms with van der Waals surface area (Å²) in [5.74, 6) is 0.0470. The second-order valence-electron chi connectivity index (χ2n) is 6.69. The monoisotopic (exact) mass is 342 g/mol. The van der Waals surface area contributed by atoms with Crippen LogP contribution >= 0.6 is 11.8 Å². The predicted molar refractivity (Wildman–Crippen MR) is 102 cm³/mol. The van der Waals surface area contributed by atoms with Gasteiger partial charge in [-0.2, -0.15) is 0 Å². The lowest BCUT2D eigenvalue weighted by molar-refractivity contribution is -0.120. The highest BCUT2D eigenvalue weighted by Crippen LogP contribution is 2.35. The Morgan fingerprint density at radius 3 is 2.12 bits per heavy atom. The molecule has 0 aliphatic carbocycles. The Hall–Kier alpha value is -1.78. The Kier molecular flexibility index (Phi) is 6.88. The first-order valence-corrected chi connectivity index (χ1v) is 9.13. The first-order chi connectivity index (χ1) is 11.5. The normalized spacial score (nSPS) is 12.6. The van der Waals surface area contributed by atoms with E-state index in [2.05, 4.69) is 31.4 Å². The molecule has 0 bridgehead atoms. The van der Waals surface area contributed by atoms with Crippen LogP contribution in [0.4, 0.5) is 0 Å². The number of rotatable bonds is 7. The van der Waals surface area contributed by atoms with Crippen molar-refractivity contribution < 1.29 is 4.79 Å². The van der Waals surface area contributed by atoms with Gasteiger partial charge in [-0.05, 0) is 38.5 Å². The minimum absolute atomic E-state index is 0.0470. The van der Waals surface area contributed by atoms with Crippen LogP contribution in [-0.4, -0.2) is 24.5 Å². The molecule has 4 heteroatoms. The van der Waals surface area contributed by atoms with E-state index in [0.717, 1.165) is 17.0 Å². The van der Waals surface area contributed by atoms with Crippen LogP contribution in [0.2, 0.25) is 0 Å². The van der Waals surface area contributed by atoms with Crippen molar-refractivity contribution in [3.8, 4) is 0 Å². The number of carbonyl (C=O) groups excluding carboxylic acids is 1. The number of amides is 1. The highest BCUT2D eigenvalue weighted by Gasteiger charge is 2.21. The summed E-state index contributed by atoms with van der Waals surface area (Å²) in [6.07, 6.45) is 0. The van der Waals surface area contributed by atoms with Crippen molar-refractivity contribution in [2.24, 2.45) is 0 Å². The van der Waals surface area contributed by atoms with Crippen molar-refractivity contribution in [3.05, 3.63) is 66.2 Å². The second kappa shape index (κ2) is 8.90. The van der Waals surface area contributed by atoms with E-state index in [4.69, 9.17) is 0 Å². The first kappa shape index (κ1) is 18.6. The summed E-state index contributed by atoms with van der Waals surface area (Å²) < 4.78 is 0. The Bertz CT molecular complexity index is 623. The molecule has 24 heavy (non-hydrogen) atoms. The molecule has 3 nitrogen and oxygen atoms in total. The maximum atomic E-state index is 12.7. The molecule has 2 aromatic rings. The van der Waals surface area contributed by atoms with E-state index in [1.165, 1.54) is 0 Å². The lowest BCUT2D eigenvalue weighted by atomic mass is 10.1. The Labute approximate surface area is 149 Å². The molecule has 0 aliphatic heterocycles. The van der Waals surface area contributed by atoms with Crippen molar-refractivity contribution in [3.63, 3.8) is 0 Å². The molecular weight excluding hydrogens is 316 g/mol. The molecule has 0 fully saturated rings. The van der Waals surface area contributed by atoms with Crippen LogP contribution in [0, 0.1) is 0 Å². The zero-order valence-corrected chi connectivity index (χ0v) is 15.4. The first-order valence-electron chi connectivity index (χ1n) is 8.25. The molecule has 2 N–H and O–H groups in total. The predicted octanol–water partition coefficient (Wildman–Crippen LogP) is 4.02. The SMILES string of the molecule is CC(C)(C)NCCNC(=O)C(Sc1ccccc1)c1ccccc1. The molecular formula is C20H26N2OS. The third-order valence-corrected chi connectivity index (χ3v) is 4.68. The maximum Gasteiger partial charge on any atom is 0.238 e. The van der Waals surface area contributed by atoms with Crippen LogP contribution in [-0.2, 0) is 4.79 Å². The Morgan fingerprint density at radius 1 is 0.958 bits per heavy atom. The second-order valence-corrected chi connectivity index (χ2v) is 7.87. The molecule has 2 rings (SSSR count). The molecule has 128 valence electrons. The van der Waals surface area contributed by atoms with E-state index in [-0.39, 0.29) is 16.7 Å². The molecule has 0 saturated carbocycles. The van der Waals surface area contributed by atoms with Gasteiger partial charge in [0.2, 0.25) is 5.91 Å². The van der Waals surface area contributed by atoms with E-state index >= 15 is 0 Å². The molecule has 2 aromatic carbocycles. The van der Waals surface area contributed by atoms with Gasteiger partial charge in [-0.15, -0.1) is 11.8 Å². The highest BCUT2D eigenvalue weighted by molar-refractivity contribution is 8.00. The fourth-order valence-electron chi connectivity index (χ4n) is 2.25. The number of carbonyl (C=O) groups is 1. The van der Waals surface area contributed by atoms with Crippen LogP contribution in [0.15, 0.2) is 65.6 Å². The molecule has 0 radical (unpaired) electrons. The van der Waals surface area contributed by atoms with Gasteiger partial charge in [0.15, 0.2) is 0 Å². The van der Waals surface area contributed by atoms with Gasteiger partial charge in [-0.3, -0.25) is 4.79 Å².